The predicted molar refractivity (Wildman–Crippen MR) is 117 cm³/mol. The lowest BCUT2D eigenvalue weighted by atomic mass is 10.1. The van der Waals surface area contributed by atoms with Crippen LogP contribution in [0.3, 0.4) is 0 Å². The Kier molecular flexibility index (Phi) is 7.41. The molecule has 2 heterocycles. The highest BCUT2D eigenvalue weighted by Crippen LogP contribution is 2.29. The molecule has 0 spiro atoms. The lowest BCUT2D eigenvalue weighted by molar-refractivity contribution is 0.370. The number of phenols is 1. The third-order valence-electron chi connectivity index (χ3n) is 4.87. The van der Waals surface area contributed by atoms with Gasteiger partial charge >= 0.3 is 0 Å². The van der Waals surface area contributed by atoms with Crippen LogP contribution in [0.5, 0.6) is 11.5 Å². The highest BCUT2D eigenvalue weighted by atomic mass is 35.5. The van der Waals surface area contributed by atoms with Crippen LogP contribution in [0.15, 0.2) is 41.5 Å². The van der Waals surface area contributed by atoms with Crippen molar-refractivity contribution in [3.05, 3.63) is 47.1 Å². The molecule has 2 aromatic rings. The minimum Gasteiger partial charge on any atom is -0.504 e. The normalized spacial score (nSPS) is 16.7. The van der Waals surface area contributed by atoms with Gasteiger partial charge in [0.2, 0.25) is 0 Å². The summed E-state index contributed by atoms with van der Waals surface area (Å²) in [5, 5.41) is 17.7. The number of rotatable bonds is 7. The minimum absolute atomic E-state index is 0.182. The van der Waals surface area contributed by atoms with E-state index in [1.807, 2.05) is 31.2 Å². The van der Waals surface area contributed by atoms with Gasteiger partial charge in [0.15, 0.2) is 17.5 Å². The Morgan fingerprint density at radius 3 is 3.00 bits per heavy atom. The van der Waals surface area contributed by atoms with Gasteiger partial charge < -0.3 is 25.4 Å². The van der Waals surface area contributed by atoms with Crippen LogP contribution in [0, 0.1) is 0 Å². The first kappa shape index (κ1) is 21.0. The number of guanidine groups is 1. The molecule has 29 heavy (non-hydrogen) atoms. The van der Waals surface area contributed by atoms with Gasteiger partial charge in [-0.1, -0.05) is 23.7 Å². The number of aliphatic imine (C=N–C) groups is 1. The second-order valence-corrected chi connectivity index (χ2v) is 7.27. The van der Waals surface area contributed by atoms with Crippen molar-refractivity contribution in [3.8, 4) is 11.5 Å². The van der Waals surface area contributed by atoms with Crippen LogP contribution in [0.4, 0.5) is 5.82 Å². The molecule has 1 saturated heterocycles. The van der Waals surface area contributed by atoms with Gasteiger partial charge in [0.05, 0.1) is 12.1 Å². The van der Waals surface area contributed by atoms with Gasteiger partial charge in [0, 0.05) is 38.4 Å². The highest BCUT2D eigenvalue weighted by molar-refractivity contribution is 6.32. The van der Waals surface area contributed by atoms with E-state index >= 15 is 0 Å². The fourth-order valence-electron chi connectivity index (χ4n) is 3.42. The van der Waals surface area contributed by atoms with Gasteiger partial charge in [-0.3, -0.25) is 4.99 Å². The Balaban J connectivity index is 1.58. The Morgan fingerprint density at radius 2 is 2.24 bits per heavy atom. The molecule has 1 aromatic heterocycles. The first-order valence-corrected chi connectivity index (χ1v) is 10.2. The largest absolute Gasteiger partial charge is 0.504 e. The first-order chi connectivity index (χ1) is 14.1. The number of nitrogens with one attached hydrogen (secondary N) is 2. The SMILES string of the molecule is CCNC(=NCCc1cccc(OC)c1O)NC1CCN(c2ncccc2Cl)C1. The average Bonchev–Trinajstić information content (AvgIpc) is 3.18. The maximum Gasteiger partial charge on any atom is 0.191 e. The highest BCUT2D eigenvalue weighted by Gasteiger charge is 2.25. The number of anilines is 1. The van der Waals surface area contributed by atoms with Crippen molar-refractivity contribution in [2.75, 3.05) is 38.2 Å². The number of halogens is 1. The number of pyridine rings is 1. The molecule has 0 bridgehead atoms. The lowest BCUT2D eigenvalue weighted by Crippen LogP contribution is -2.44. The maximum atomic E-state index is 10.2. The third-order valence-corrected chi connectivity index (χ3v) is 5.16. The quantitative estimate of drug-likeness (QED) is 0.474. The summed E-state index contributed by atoms with van der Waals surface area (Å²) in [5.74, 6) is 2.26. The predicted octanol–water partition coefficient (Wildman–Crippen LogP) is 2.83. The summed E-state index contributed by atoms with van der Waals surface area (Å²) in [6.45, 7) is 5.08. The number of nitrogens with zero attached hydrogens (tertiary/aromatic N) is 3. The summed E-state index contributed by atoms with van der Waals surface area (Å²) >= 11 is 6.28. The van der Waals surface area contributed by atoms with Crippen LogP contribution in [0.2, 0.25) is 5.02 Å². The monoisotopic (exact) mass is 417 g/mol. The van der Waals surface area contributed by atoms with E-state index in [0.29, 0.717) is 23.7 Å². The molecule has 1 fully saturated rings. The first-order valence-electron chi connectivity index (χ1n) is 9.87. The summed E-state index contributed by atoms with van der Waals surface area (Å²) in [6, 6.07) is 9.47. The van der Waals surface area contributed by atoms with Gasteiger partial charge in [-0.05, 0) is 43.5 Å². The average molecular weight is 418 g/mol. The van der Waals surface area contributed by atoms with Gasteiger partial charge in [-0.2, -0.15) is 0 Å². The van der Waals surface area contributed by atoms with Crippen molar-refractivity contribution < 1.29 is 9.84 Å². The van der Waals surface area contributed by atoms with E-state index < -0.39 is 0 Å². The summed E-state index contributed by atoms with van der Waals surface area (Å²) in [4.78, 5) is 11.3. The molecule has 0 amide bonds. The second-order valence-electron chi connectivity index (χ2n) is 6.86. The molecular weight excluding hydrogens is 390 g/mol. The maximum absolute atomic E-state index is 10.2. The topological polar surface area (TPSA) is 82.0 Å². The molecule has 0 saturated carbocycles. The zero-order valence-electron chi connectivity index (χ0n) is 16.9. The number of para-hydroxylation sites is 1. The van der Waals surface area contributed by atoms with Gasteiger partial charge in [-0.15, -0.1) is 0 Å². The van der Waals surface area contributed by atoms with Crippen molar-refractivity contribution in [1.29, 1.82) is 0 Å². The smallest absolute Gasteiger partial charge is 0.191 e. The number of aromatic hydroxyl groups is 1. The minimum atomic E-state index is 0.182. The number of methoxy groups -OCH3 is 1. The lowest BCUT2D eigenvalue weighted by Gasteiger charge is -2.20. The zero-order valence-corrected chi connectivity index (χ0v) is 17.6. The van der Waals surface area contributed by atoms with E-state index in [2.05, 4.69) is 25.5 Å². The second kappa shape index (κ2) is 10.2. The van der Waals surface area contributed by atoms with Gasteiger partial charge in [0.25, 0.3) is 0 Å². The molecule has 1 aliphatic heterocycles. The number of phenolic OH excluding ortho intramolecular Hbond substituents is 1. The van der Waals surface area contributed by atoms with Crippen molar-refractivity contribution in [2.45, 2.75) is 25.8 Å². The molecule has 0 aliphatic carbocycles. The summed E-state index contributed by atoms with van der Waals surface area (Å²) < 4.78 is 5.17. The molecule has 3 N–H and O–H groups in total. The van der Waals surface area contributed by atoms with E-state index in [-0.39, 0.29) is 11.8 Å². The van der Waals surface area contributed by atoms with E-state index in [4.69, 9.17) is 16.3 Å². The van der Waals surface area contributed by atoms with Crippen molar-refractivity contribution >= 4 is 23.4 Å². The van der Waals surface area contributed by atoms with E-state index in [1.165, 1.54) is 0 Å². The summed E-state index contributed by atoms with van der Waals surface area (Å²) in [5.41, 5.74) is 0.820. The van der Waals surface area contributed by atoms with Crippen LogP contribution < -0.4 is 20.3 Å². The van der Waals surface area contributed by atoms with Crippen LogP contribution in [-0.4, -0.2) is 55.4 Å². The van der Waals surface area contributed by atoms with Crippen LogP contribution >= 0.6 is 11.6 Å². The van der Waals surface area contributed by atoms with E-state index in [9.17, 15) is 5.11 Å². The standard InChI is InChI=1S/C21H28ClN5O2/c1-3-23-21(25-12-9-15-6-4-8-18(29-2)19(15)28)26-16-10-13-27(14-16)20-17(22)7-5-11-24-20/h4-8,11,16,28H,3,9-10,12-14H2,1-2H3,(H2,23,25,26). The molecular formula is C21H28ClN5O2. The number of aromatic nitrogens is 1. The summed E-state index contributed by atoms with van der Waals surface area (Å²) in [7, 11) is 1.55. The van der Waals surface area contributed by atoms with Crippen LogP contribution in [-0.2, 0) is 6.42 Å². The number of benzene rings is 1. The Hall–Kier alpha value is -2.67. The van der Waals surface area contributed by atoms with Crippen molar-refractivity contribution in [2.24, 2.45) is 4.99 Å². The molecule has 1 atom stereocenters. The molecule has 1 aliphatic rings. The zero-order chi connectivity index (χ0) is 20.6. The Morgan fingerprint density at radius 1 is 1.38 bits per heavy atom. The van der Waals surface area contributed by atoms with Crippen LogP contribution in [0.1, 0.15) is 18.9 Å². The molecule has 0 radical (unpaired) electrons. The van der Waals surface area contributed by atoms with E-state index in [0.717, 1.165) is 43.4 Å². The fourth-order valence-corrected chi connectivity index (χ4v) is 3.66. The fraction of sp³-hybridized carbons (Fsp3) is 0.429. The van der Waals surface area contributed by atoms with Gasteiger partial charge in [0.1, 0.15) is 5.82 Å². The van der Waals surface area contributed by atoms with E-state index in [1.54, 1.807) is 19.4 Å². The number of ether oxygens (including phenoxy) is 1. The molecule has 1 unspecified atom stereocenters. The molecule has 156 valence electrons. The third kappa shape index (κ3) is 5.44. The Bertz CT molecular complexity index is 846. The van der Waals surface area contributed by atoms with Crippen LogP contribution in [0.25, 0.3) is 0 Å². The summed E-state index contributed by atoms with van der Waals surface area (Å²) in [6.07, 6.45) is 3.37. The number of hydrogen-bond donors (Lipinski definition) is 3. The molecule has 1 aromatic carbocycles. The number of hydrogen-bond acceptors (Lipinski definition) is 5. The molecule has 8 heteroatoms. The molecule has 7 nitrogen and oxygen atoms in total. The van der Waals surface area contributed by atoms with Gasteiger partial charge in [-0.25, -0.2) is 4.98 Å². The molecule has 3 rings (SSSR count). The van der Waals surface area contributed by atoms with Crippen molar-refractivity contribution in [1.82, 2.24) is 15.6 Å². The Labute approximate surface area is 176 Å². The van der Waals surface area contributed by atoms with Crippen molar-refractivity contribution in [3.63, 3.8) is 0 Å².